The Morgan fingerprint density at radius 3 is 2.33 bits per heavy atom. The SMILES string of the molecule is CN(C)c1ccc(-c2ncc(CN)c(N)n2)cc1. The molecule has 0 amide bonds. The second-order valence-electron chi connectivity index (χ2n) is 4.25. The molecule has 4 N–H and O–H groups in total. The van der Waals surface area contributed by atoms with Gasteiger partial charge in [0.05, 0.1) is 0 Å². The van der Waals surface area contributed by atoms with Crippen LogP contribution in [0.5, 0.6) is 0 Å². The van der Waals surface area contributed by atoms with E-state index in [0.717, 1.165) is 16.8 Å². The standard InChI is InChI=1S/C13H17N5/c1-18(2)11-5-3-9(4-6-11)13-16-8-10(7-14)12(15)17-13/h3-6,8H,7,14H2,1-2H3,(H2,15,16,17). The number of anilines is 2. The predicted molar refractivity (Wildman–Crippen MR) is 74.1 cm³/mol. The maximum absolute atomic E-state index is 5.81. The Hall–Kier alpha value is -2.14. The lowest BCUT2D eigenvalue weighted by atomic mass is 10.2. The van der Waals surface area contributed by atoms with E-state index in [1.165, 1.54) is 0 Å². The molecule has 94 valence electrons. The van der Waals surface area contributed by atoms with Crippen LogP contribution in [-0.4, -0.2) is 24.1 Å². The summed E-state index contributed by atoms with van der Waals surface area (Å²) in [6.45, 7) is 0.353. The second kappa shape index (κ2) is 5.01. The number of rotatable bonds is 3. The molecular formula is C13H17N5. The molecule has 1 aromatic heterocycles. The van der Waals surface area contributed by atoms with Crippen LogP contribution in [0.3, 0.4) is 0 Å². The van der Waals surface area contributed by atoms with Gasteiger partial charge in [0.1, 0.15) is 5.82 Å². The Morgan fingerprint density at radius 2 is 1.83 bits per heavy atom. The van der Waals surface area contributed by atoms with E-state index in [2.05, 4.69) is 9.97 Å². The summed E-state index contributed by atoms with van der Waals surface area (Å²) in [6.07, 6.45) is 1.68. The van der Waals surface area contributed by atoms with E-state index in [9.17, 15) is 0 Å². The lowest BCUT2D eigenvalue weighted by molar-refractivity contribution is 1.02. The molecule has 18 heavy (non-hydrogen) atoms. The summed E-state index contributed by atoms with van der Waals surface area (Å²) in [5.41, 5.74) is 14.2. The Labute approximate surface area is 106 Å². The summed E-state index contributed by atoms with van der Waals surface area (Å²) in [4.78, 5) is 10.6. The molecular weight excluding hydrogens is 226 g/mol. The first kappa shape index (κ1) is 12.3. The zero-order chi connectivity index (χ0) is 13.1. The normalized spacial score (nSPS) is 10.4. The molecule has 2 rings (SSSR count). The predicted octanol–water partition coefficient (Wildman–Crippen LogP) is 1.25. The topological polar surface area (TPSA) is 81.1 Å². The Kier molecular flexibility index (Phi) is 3.43. The summed E-state index contributed by atoms with van der Waals surface area (Å²) in [5.74, 6) is 1.06. The fraction of sp³-hybridized carbons (Fsp3) is 0.231. The smallest absolute Gasteiger partial charge is 0.161 e. The molecule has 0 aliphatic rings. The van der Waals surface area contributed by atoms with E-state index in [-0.39, 0.29) is 0 Å². The van der Waals surface area contributed by atoms with Crippen molar-refractivity contribution >= 4 is 11.5 Å². The van der Waals surface area contributed by atoms with Crippen LogP contribution in [0.25, 0.3) is 11.4 Å². The molecule has 0 spiro atoms. The first-order chi connectivity index (χ1) is 8.61. The van der Waals surface area contributed by atoms with Crippen molar-refractivity contribution < 1.29 is 0 Å². The summed E-state index contributed by atoms with van der Waals surface area (Å²) in [5, 5.41) is 0. The molecule has 5 heteroatoms. The van der Waals surface area contributed by atoms with E-state index in [1.54, 1.807) is 6.20 Å². The lowest BCUT2D eigenvalue weighted by Crippen LogP contribution is -2.08. The summed E-state index contributed by atoms with van der Waals surface area (Å²) in [6, 6.07) is 8.00. The zero-order valence-corrected chi connectivity index (χ0v) is 10.6. The fourth-order valence-corrected chi connectivity index (χ4v) is 1.62. The molecule has 0 unspecified atom stereocenters. The first-order valence-electron chi connectivity index (χ1n) is 5.71. The Balaban J connectivity index is 2.34. The van der Waals surface area contributed by atoms with Crippen molar-refractivity contribution in [2.24, 2.45) is 5.73 Å². The van der Waals surface area contributed by atoms with Gasteiger partial charge in [-0.2, -0.15) is 0 Å². The average molecular weight is 243 g/mol. The van der Waals surface area contributed by atoms with E-state index in [1.807, 2.05) is 43.3 Å². The highest BCUT2D eigenvalue weighted by atomic mass is 15.1. The highest BCUT2D eigenvalue weighted by Crippen LogP contribution is 2.20. The first-order valence-corrected chi connectivity index (χ1v) is 5.71. The largest absolute Gasteiger partial charge is 0.383 e. The third kappa shape index (κ3) is 2.41. The maximum atomic E-state index is 5.81. The van der Waals surface area contributed by atoms with Crippen molar-refractivity contribution in [3.8, 4) is 11.4 Å². The molecule has 0 fully saturated rings. The molecule has 0 aliphatic heterocycles. The van der Waals surface area contributed by atoms with Gasteiger partial charge in [-0.1, -0.05) is 0 Å². The number of nitrogen functional groups attached to an aromatic ring is 1. The number of nitrogens with two attached hydrogens (primary N) is 2. The van der Waals surface area contributed by atoms with Gasteiger partial charge in [-0.25, -0.2) is 9.97 Å². The second-order valence-corrected chi connectivity index (χ2v) is 4.25. The highest BCUT2D eigenvalue weighted by Gasteiger charge is 2.05. The van der Waals surface area contributed by atoms with Gasteiger partial charge in [-0.3, -0.25) is 0 Å². The van der Waals surface area contributed by atoms with Crippen LogP contribution in [-0.2, 0) is 6.54 Å². The van der Waals surface area contributed by atoms with Crippen LogP contribution in [0.2, 0.25) is 0 Å². The molecule has 0 atom stereocenters. The third-order valence-corrected chi connectivity index (χ3v) is 2.76. The van der Waals surface area contributed by atoms with Crippen molar-refractivity contribution in [3.63, 3.8) is 0 Å². The number of benzene rings is 1. The van der Waals surface area contributed by atoms with Crippen LogP contribution in [0.1, 0.15) is 5.56 Å². The van der Waals surface area contributed by atoms with E-state index < -0.39 is 0 Å². The monoisotopic (exact) mass is 243 g/mol. The van der Waals surface area contributed by atoms with Gasteiger partial charge < -0.3 is 16.4 Å². The molecule has 2 aromatic rings. The molecule has 0 bridgehead atoms. The van der Waals surface area contributed by atoms with Gasteiger partial charge in [0.25, 0.3) is 0 Å². The van der Waals surface area contributed by atoms with Crippen LogP contribution < -0.4 is 16.4 Å². The minimum Gasteiger partial charge on any atom is -0.383 e. The van der Waals surface area contributed by atoms with Gasteiger partial charge in [0.15, 0.2) is 5.82 Å². The molecule has 1 heterocycles. The highest BCUT2D eigenvalue weighted by molar-refractivity contribution is 5.61. The summed E-state index contributed by atoms with van der Waals surface area (Å²) < 4.78 is 0. The van der Waals surface area contributed by atoms with E-state index in [0.29, 0.717) is 18.2 Å². The van der Waals surface area contributed by atoms with Gasteiger partial charge >= 0.3 is 0 Å². The van der Waals surface area contributed by atoms with Crippen molar-refractivity contribution in [2.45, 2.75) is 6.54 Å². The minimum atomic E-state index is 0.353. The van der Waals surface area contributed by atoms with Crippen LogP contribution >= 0.6 is 0 Å². The molecule has 5 nitrogen and oxygen atoms in total. The fourth-order valence-electron chi connectivity index (χ4n) is 1.62. The summed E-state index contributed by atoms with van der Waals surface area (Å²) in [7, 11) is 4.00. The van der Waals surface area contributed by atoms with E-state index >= 15 is 0 Å². The van der Waals surface area contributed by atoms with Crippen LogP contribution in [0.15, 0.2) is 30.5 Å². The van der Waals surface area contributed by atoms with Crippen molar-refractivity contribution in [3.05, 3.63) is 36.0 Å². The lowest BCUT2D eigenvalue weighted by Gasteiger charge is -2.12. The van der Waals surface area contributed by atoms with Gasteiger partial charge in [0.2, 0.25) is 0 Å². The van der Waals surface area contributed by atoms with Crippen molar-refractivity contribution in [2.75, 3.05) is 24.7 Å². The molecule has 0 saturated carbocycles. The maximum Gasteiger partial charge on any atom is 0.161 e. The number of nitrogens with zero attached hydrogens (tertiary/aromatic N) is 3. The number of aromatic nitrogens is 2. The van der Waals surface area contributed by atoms with Crippen LogP contribution in [0.4, 0.5) is 11.5 Å². The van der Waals surface area contributed by atoms with Gasteiger partial charge in [0, 0.05) is 43.7 Å². The van der Waals surface area contributed by atoms with Crippen molar-refractivity contribution in [1.82, 2.24) is 9.97 Å². The van der Waals surface area contributed by atoms with Gasteiger partial charge in [-0.05, 0) is 24.3 Å². The Morgan fingerprint density at radius 1 is 1.17 bits per heavy atom. The molecule has 0 saturated heterocycles. The van der Waals surface area contributed by atoms with Crippen LogP contribution in [0, 0.1) is 0 Å². The molecule has 1 aromatic carbocycles. The number of hydrogen-bond acceptors (Lipinski definition) is 5. The average Bonchev–Trinajstić information content (AvgIpc) is 2.38. The molecule has 0 aliphatic carbocycles. The van der Waals surface area contributed by atoms with E-state index in [4.69, 9.17) is 11.5 Å². The quantitative estimate of drug-likeness (QED) is 0.848. The Bertz CT molecular complexity index is 534. The van der Waals surface area contributed by atoms with Crippen molar-refractivity contribution in [1.29, 1.82) is 0 Å². The molecule has 0 radical (unpaired) electrons. The third-order valence-electron chi connectivity index (χ3n) is 2.76. The zero-order valence-electron chi connectivity index (χ0n) is 10.6. The van der Waals surface area contributed by atoms with Gasteiger partial charge in [-0.15, -0.1) is 0 Å². The summed E-state index contributed by atoms with van der Waals surface area (Å²) >= 11 is 0. The minimum absolute atomic E-state index is 0.353. The number of hydrogen-bond donors (Lipinski definition) is 2.